The zero-order chi connectivity index (χ0) is 21.2. The number of anilines is 3. The first-order chi connectivity index (χ1) is 13.6. The zero-order valence-electron chi connectivity index (χ0n) is 15.7. The number of nitrogens with two attached hydrogens (primary N) is 1. The van der Waals surface area contributed by atoms with Crippen molar-refractivity contribution in [2.45, 2.75) is 42.7 Å². The molecule has 11 heteroatoms. The Morgan fingerprint density at radius 3 is 2.55 bits per heavy atom. The van der Waals surface area contributed by atoms with Crippen LogP contribution in [0.25, 0.3) is 0 Å². The van der Waals surface area contributed by atoms with Gasteiger partial charge < -0.3 is 21.5 Å². The van der Waals surface area contributed by atoms with Gasteiger partial charge in [0, 0.05) is 18.0 Å². The molecule has 1 saturated carbocycles. The average Bonchev–Trinajstić information content (AvgIpc) is 2.62. The molecule has 1 amide bonds. The summed E-state index contributed by atoms with van der Waals surface area (Å²) in [5.74, 6) is -0.176. The molecule has 1 aliphatic carbocycles. The molecular weight excluding hydrogens is 418 g/mol. The van der Waals surface area contributed by atoms with Crippen LogP contribution in [0, 0.1) is 0 Å². The predicted octanol–water partition coefficient (Wildman–Crippen LogP) is 2.09. The molecule has 1 heterocycles. The Labute approximate surface area is 173 Å². The molecule has 1 aromatic carbocycles. The van der Waals surface area contributed by atoms with Gasteiger partial charge in [-0.15, -0.1) is 0 Å². The summed E-state index contributed by atoms with van der Waals surface area (Å²) in [6.45, 7) is 0. The Hall–Kier alpha value is -2.43. The van der Waals surface area contributed by atoms with E-state index in [1.165, 1.54) is 24.4 Å². The van der Waals surface area contributed by atoms with E-state index < -0.39 is 15.7 Å². The summed E-state index contributed by atoms with van der Waals surface area (Å²) in [4.78, 5) is 20.2. The maximum absolute atomic E-state index is 11.7. The van der Waals surface area contributed by atoms with E-state index in [0.717, 1.165) is 19.1 Å². The average molecular weight is 440 g/mol. The lowest BCUT2D eigenvalue weighted by molar-refractivity contribution is 0.0996. The molecular formula is C18H22ClN5O4S. The maximum atomic E-state index is 11.7. The number of primary amides is 1. The quantitative estimate of drug-likeness (QED) is 0.534. The van der Waals surface area contributed by atoms with E-state index in [9.17, 15) is 18.3 Å². The van der Waals surface area contributed by atoms with Crippen molar-refractivity contribution in [1.29, 1.82) is 0 Å². The second-order valence-corrected chi connectivity index (χ2v) is 9.40. The molecule has 0 saturated heterocycles. The van der Waals surface area contributed by atoms with Crippen LogP contribution in [-0.4, -0.2) is 47.8 Å². The number of carbonyl (C=O) groups excluding carboxylic acids is 1. The Kier molecular flexibility index (Phi) is 6.25. The van der Waals surface area contributed by atoms with Crippen LogP contribution in [0.4, 0.5) is 17.3 Å². The second kappa shape index (κ2) is 8.52. The topological polar surface area (TPSA) is 147 Å². The highest BCUT2D eigenvalue weighted by molar-refractivity contribution is 7.90. The molecule has 2 aromatic rings. The highest BCUT2D eigenvalue weighted by Gasteiger charge is 2.21. The fourth-order valence-corrected chi connectivity index (χ4v) is 4.50. The van der Waals surface area contributed by atoms with Crippen molar-refractivity contribution in [3.05, 3.63) is 35.1 Å². The van der Waals surface area contributed by atoms with Gasteiger partial charge in [0.2, 0.25) is 0 Å². The third-order valence-corrected chi connectivity index (χ3v) is 6.23. The van der Waals surface area contributed by atoms with Crippen LogP contribution in [0.2, 0.25) is 5.02 Å². The number of aromatic nitrogens is 2. The van der Waals surface area contributed by atoms with Gasteiger partial charge in [-0.2, -0.15) is 0 Å². The minimum absolute atomic E-state index is 0.000768. The summed E-state index contributed by atoms with van der Waals surface area (Å²) in [5.41, 5.74) is 5.76. The molecule has 0 radical (unpaired) electrons. The van der Waals surface area contributed by atoms with Crippen LogP contribution >= 0.6 is 11.6 Å². The van der Waals surface area contributed by atoms with Crippen molar-refractivity contribution < 1.29 is 18.3 Å². The minimum atomic E-state index is -3.46. The number of amides is 1. The highest BCUT2D eigenvalue weighted by Crippen LogP contribution is 2.28. The van der Waals surface area contributed by atoms with E-state index in [0.29, 0.717) is 24.3 Å². The van der Waals surface area contributed by atoms with Gasteiger partial charge in [-0.25, -0.2) is 18.4 Å². The van der Waals surface area contributed by atoms with E-state index in [1.54, 1.807) is 0 Å². The molecule has 0 spiro atoms. The maximum Gasteiger partial charge on any atom is 0.271 e. The number of aliphatic hydroxyl groups is 1. The minimum Gasteiger partial charge on any atom is -0.393 e. The Balaban J connectivity index is 1.85. The third kappa shape index (κ3) is 5.34. The summed E-state index contributed by atoms with van der Waals surface area (Å²) >= 11 is 6.07. The smallest absolute Gasteiger partial charge is 0.271 e. The Bertz CT molecular complexity index is 1020. The number of carbonyl (C=O) groups is 1. The fraction of sp³-hybridized carbons (Fsp3) is 0.389. The van der Waals surface area contributed by atoms with Gasteiger partial charge in [-0.05, 0) is 43.9 Å². The van der Waals surface area contributed by atoms with E-state index in [-0.39, 0.29) is 33.6 Å². The van der Waals surface area contributed by atoms with Crippen LogP contribution in [0.3, 0.4) is 0 Å². The van der Waals surface area contributed by atoms with Gasteiger partial charge >= 0.3 is 0 Å². The number of hydrogen-bond donors (Lipinski definition) is 4. The summed E-state index contributed by atoms with van der Waals surface area (Å²) < 4.78 is 23.4. The van der Waals surface area contributed by atoms with E-state index >= 15 is 0 Å². The number of aliphatic hydroxyl groups excluding tert-OH is 1. The van der Waals surface area contributed by atoms with Gasteiger partial charge in [0.15, 0.2) is 21.3 Å². The summed E-state index contributed by atoms with van der Waals surface area (Å²) in [6, 6.07) is 4.44. The number of hydrogen-bond acceptors (Lipinski definition) is 8. The first-order valence-electron chi connectivity index (χ1n) is 9.01. The Morgan fingerprint density at radius 2 is 1.97 bits per heavy atom. The summed E-state index contributed by atoms with van der Waals surface area (Å²) in [6.07, 6.45) is 5.24. The molecule has 9 nitrogen and oxygen atoms in total. The normalized spacial score (nSPS) is 19.6. The van der Waals surface area contributed by atoms with Crippen molar-refractivity contribution in [2.24, 2.45) is 5.73 Å². The molecule has 0 unspecified atom stereocenters. The summed E-state index contributed by atoms with van der Waals surface area (Å²) in [5, 5.41) is 15.8. The third-order valence-electron chi connectivity index (χ3n) is 4.65. The van der Waals surface area contributed by atoms with Crippen molar-refractivity contribution in [1.82, 2.24) is 9.97 Å². The molecule has 1 aliphatic rings. The van der Waals surface area contributed by atoms with Gasteiger partial charge in [0.25, 0.3) is 5.91 Å². The van der Waals surface area contributed by atoms with Crippen LogP contribution in [-0.2, 0) is 9.84 Å². The number of rotatable bonds is 6. The molecule has 0 aliphatic heterocycles. The zero-order valence-corrected chi connectivity index (χ0v) is 17.3. The van der Waals surface area contributed by atoms with Crippen LogP contribution < -0.4 is 16.4 Å². The number of halogens is 1. The lowest BCUT2D eigenvalue weighted by Gasteiger charge is -2.26. The van der Waals surface area contributed by atoms with Gasteiger partial charge in [-0.3, -0.25) is 4.79 Å². The van der Waals surface area contributed by atoms with Crippen LogP contribution in [0.5, 0.6) is 0 Å². The molecule has 0 atom stereocenters. The predicted molar refractivity (Wildman–Crippen MR) is 110 cm³/mol. The van der Waals surface area contributed by atoms with Gasteiger partial charge in [-0.1, -0.05) is 11.6 Å². The van der Waals surface area contributed by atoms with E-state index in [1.807, 2.05) is 0 Å². The van der Waals surface area contributed by atoms with Crippen molar-refractivity contribution >= 4 is 44.7 Å². The molecule has 29 heavy (non-hydrogen) atoms. The fourth-order valence-electron chi connectivity index (χ4n) is 3.17. The number of benzene rings is 1. The first-order valence-corrected chi connectivity index (χ1v) is 11.3. The number of nitrogens with zero attached hydrogens (tertiary/aromatic N) is 2. The largest absolute Gasteiger partial charge is 0.393 e. The van der Waals surface area contributed by atoms with Crippen molar-refractivity contribution in [2.75, 3.05) is 16.9 Å². The van der Waals surface area contributed by atoms with Crippen LogP contribution in [0.15, 0.2) is 29.3 Å². The standard InChI is InChI=1S/C18H22ClN5O4S/c1-29(27,28)14-7-4-11(8-13(14)19)23-18-16(17(20)26)21-9-15(24-18)22-10-2-5-12(25)6-3-10/h4,7-10,12,25H,2-3,5-6H2,1H3,(H2,20,26)(H2,22,23,24)/t10-,12-. The molecule has 156 valence electrons. The van der Waals surface area contributed by atoms with E-state index in [4.69, 9.17) is 17.3 Å². The molecule has 0 bridgehead atoms. The Morgan fingerprint density at radius 1 is 1.28 bits per heavy atom. The van der Waals surface area contributed by atoms with Crippen molar-refractivity contribution in [3.8, 4) is 0 Å². The summed E-state index contributed by atoms with van der Waals surface area (Å²) in [7, 11) is -3.46. The van der Waals surface area contributed by atoms with Crippen molar-refractivity contribution in [3.63, 3.8) is 0 Å². The monoisotopic (exact) mass is 439 g/mol. The SMILES string of the molecule is CS(=O)(=O)c1ccc(Nc2nc(N[C@H]3CC[C@H](O)CC3)cnc2C(N)=O)cc1Cl. The molecule has 5 N–H and O–H groups in total. The number of sulfone groups is 1. The first kappa shape index (κ1) is 21.3. The van der Waals surface area contributed by atoms with Gasteiger partial charge in [0.1, 0.15) is 5.82 Å². The van der Waals surface area contributed by atoms with Crippen LogP contribution in [0.1, 0.15) is 36.2 Å². The van der Waals surface area contributed by atoms with E-state index in [2.05, 4.69) is 20.6 Å². The lowest BCUT2D eigenvalue weighted by atomic mass is 9.93. The highest BCUT2D eigenvalue weighted by atomic mass is 35.5. The number of nitrogens with one attached hydrogen (secondary N) is 2. The lowest BCUT2D eigenvalue weighted by Crippen LogP contribution is -2.29. The second-order valence-electron chi connectivity index (χ2n) is 7.01. The van der Waals surface area contributed by atoms with Gasteiger partial charge in [0.05, 0.1) is 22.2 Å². The molecule has 1 aromatic heterocycles. The molecule has 1 fully saturated rings. The molecule has 3 rings (SSSR count).